The van der Waals surface area contributed by atoms with Crippen LogP contribution < -0.4 is 0 Å². The highest BCUT2D eigenvalue weighted by atomic mass is 28.4. The van der Waals surface area contributed by atoms with E-state index >= 15 is 0 Å². The van der Waals surface area contributed by atoms with Crippen LogP contribution in [0.3, 0.4) is 0 Å². The van der Waals surface area contributed by atoms with Crippen LogP contribution in [-0.4, -0.2) is 20.7 Å². The maximum absolute atomic E-state index is 12.4. The molecule has 0 radical (unpaired) electrons. The first-order valence-electron chi connectivity index (χ1n) is 15.4. The van der Waals surface area contributed by atoms with Gasteiger partial charge in [-0.3, -0.25) is 4.79 Å². The number of fused-ring (bicyclic) bond motifs is 5. The molecule has 0 saturated heterocycles. The van der Waals surface area contributed by atoms with E-state index in [1.54, 1.807) is 0 Å². The van der Waals surface area contributed by atoms with E-state index < -0.39 is 13.7 Å². The van der Waals surface area contributed by atoms with Crippen LogP contribution in [0.25, 0.3) is 0 Å². The first-order valence-corrected chi connectivity index (χ1v) is 17.5. The molecule has 0 amide bonds. The molecule has 0 aromatic rings. The van der Waals surface area contributed by atoms with E-state index in [0.717, 1.165) is 43.6 Å². The van der Waals surface area contributed by atoms with Crippen LogP contribution in [0.2, 0.25) is 16.6 Å². The van der Waals surface area contributed by atoms with Gasteiger partial charge in [-0.2, -0.15) is 5.26 Å². The molecule has 4 fully saturated rings. The highest BCUT2D eigenvalue weighted by Gasteiger charge is 2.65. The van der Waals surface area contributed by atoms with Crippen molar-refractivity contribution < 1.29 is 9.22 Å². The smallest absolute Gasteiger partial charge is 0.200 e. The molecule has 0 aromatic carbocycles. The Morgan fingerprint density at radius 2 is 1.56 bits per heavy atom. The number of carbonyl (C=O) groups is 1. The lowest BCUT2D eigenvalue weighted by Gasteiger charge is -2.63. The van der Waals surface area contributed by atoms with Crippen molar-refractivity contribution in [3.8, 4) is 6.07 Å². The maximum atomic E-state index is 12.4. The van der Waals surface area contributed by atoms with E-state index in [1.165, 1.54) is 25.7 Å². The van der Waals surface area contributed by atoms with Gasteiger partial charge in [0.1, 0.15) is 5.78 Å². The summed E-state index contributed by atoms with van der Waals surface area (Å²) >= 11 is 0. The molecule has 4 heteroatoms. The molecule has 8 atom stereocenters. The van der Waals surface area contributed by atoms with E-state index in [0.29, 0.717) is 52.5 Å². The molecule has 4 aliphatic carbocycles. The zero-order chi connectivity index (χ0) is 26.7. The van der Waals surface area contributed by atoms with Crippen LogP contribution in [0.5, 0.6) is 0 Å². The lowest BCUT2D eigenvalue weighted by atomic mass is 9.40. The maximum Gasteiger partial charge on any atom is 0.200 e. The van der Waals surface area contributed by atoms with Crippen molar-refractivity contribution in [1.29, 1.82) is 5.26 Å². The average Bonchev–Trinajstić information content (AvgIpc) is 3.16. The third kappa shape index (κ3) is 4.00. The molecule has 0 aliphatic heterocycles. The predicted octanol–water partition coefficient (Wildman–Crippen LogP) is 8.94. The van der Waals surface area contributed by atoms with E-state index in [2.05, 4.69) is 68.4 Å². The van der Waals surface area contributed by atoms with Gasteiger partial charge in [0.25, 0.3) is 0 Å². The zero-order valence-electron chi connectivity index (χ0n) is 25.0. The molecule has 3 nitrogen and oxygen atoms in total. The molecule has 0 heterocycles. The first kappa shape index (κ1) is 28.3. The minimum atomic E-state index is -1.84. The van der Waals surface area contributed by atoms with Crippen molar-refractivity contribution >= 4 is 14.1 Å². The third-order valence-corrected chi connectivity index (χ3v) is 19.0. The van der Waals surface area contributed by atoms with Crippen LogP contribution in [0.1, 0.15) is 120 Å². The van der Waals surface area contributed by atoms with Crippen molar-refractivity contribution in [2.24, 2.45) is 45.8 Å². The fourth-order valence-electron chi connectivity index (χ4n) is 11.2. The SMILES string of the molecule is CC(C)[Si](OC[C@@H](C)[C@H]1CC[C@H]2[C@@H]3CCC4(C#N)CC(=O)CC[C@]4(C)[C@H]3CC[C@]12C)(C(C)C)C(C)C. The van der Waals surface area contributed by atoms with Crippen molar-refractivity contribution in [2.45, 2.75) is 137 Å². The van der Waals surface area contributed by atoms with Crippen LogP contribution in [0, 0.1) is 57.2 Å². The quantitative estimate of drug-likeness (QED) is 0.319. The van der Waals surface area contributed by atoms with Crippen molar-refractivity contribution in [1.82, 2.24) is 0 Å². The Hall–Kier alpha value is -0.663. The van der Waals surface area contributed by atoms with Gasteiger partial charge in [-0.25, -0.2) is 0 Å². The average molecular weight is 514 g/mol. The van der Waals surface area contributed by atoms with Crippen molar-refractivity contribution in [3.05, 3.63) is 0 Å². The molecule has 1 unspecified atom stereocenters. The molecule has 0 bridgehead atoms. The minimum absolute atomic E-state index is 0.0176. The van der Waals surface area contributed by atoms with E-state index in [4.69, 9.17) is 4.43 Å². The summed E-state index contributed by atoms with van der Waals surface area (Å²) in [6.45, 7) is 22.8. The molecule has 0 spiro atoms. The van der Waals surface area contributed by atoms with Crippen LogP contribution >= 0.6 is 0 Å². The van der Waals surface area contributed by atoms with Crippen LogP contribution in [-0.2, 0) is 9.22 Å². The van der Waals surface area contributed by atoms with Gasteiger partial charge >= 0.3 is 0 Å². The molecule has 204 valence electrons. The standard InChI is InChI=1S/C32H55NO2Si/c1-21(2)36(22(3)4,23(5)6)35-19-24(7)27-10-11-28-26-13-17-32(20-33)18-25(34)12-16-31(32,9)29(26)14-15-30(27,28)8/h21-24,26-29H,10-19H2,1-9H3/t24-,26+,27-,28+,29+,30-,31-,32?/m1/s1. The second kappa shape index (κ2) is 9.82. The summed E-state index contributed by atoms with van der Waals surface area (Å²) in [5.74, 6) is 3.79. The van der Waals surface area contributed by atoms with E-state index in [9.17, 15) is 10.1 Å². The number of rotatable bonds is 7. The number of carbonyl (C=O) groups excluding carboxylic acids is 1. The van der Waals surface area contributed by atoms with Gasteiger partial charge in [-0.1, -0.05) is 62.3 Å². The van der Waals surface area contributed by atoms with E-state index in [1.807, 2.05) is 0 Å². The summed E-state index contributed by atoms with van der Waals surface area (Å²) in [5.41, 5.74) is 1.92. The van der Waals surface area contributed by atoms with Crippen molar-refractivity contribution in [2.75, 3.05) is 6.61 Å². The number of hydrogen-bond donors (Lipinski definition) is 0. The summed E-state index contributed by atoms with van der Waals surface area (Å²) in [6.07, 6.45) is 9.46. The van der Waals surface area contributed by atoms with Gasteiger partial charge in [0.15, 0.2) is 8.32 Å². The highest BCUT2D eigenvalue weighted by Crippen LogP contribution is 2.71. The normalized spacial score (nSPS) is 41.7. The third-order valence-electron chi connectivity index (χ3n) is 13.0. The second-order valence-corrected chi connectivity index (χ2v) is 20.5. The predicted molar refractivity (Wildman–Crippen MR) is 151 cm³/mol. The lowest BCUT2D eigenvalue weighted by Crippen LogP contribution is -2.58. The molecule has 36 heavy (non-hydrogen) atoms. The van der Waals surface area contributed by atoms with E-state index in [-0.39, 0.29) is 5.41 Å². The first-order chi connectivity index (χ1) is 16.8. The minimum Gasteiger partial charge on any atom is -0.416 e. The molecule has 4 aliphatic rings. The zero-order valence-corrected chi connectivity index (χ0v) is 26.0. The van der Waals surface area contributed by atoms with Gasteiger partial charge in [0.2, 0.25) is 0 Å². The number of hydrogen-bond acceptors (Lipinski definition) is 3. The van der Waals surface area contributed by atoms with Gasteiger partial charge in [0.05, 0.1) is 11.5 Å². The summed E-state index contributed by atoms with van der Waals surface area (Å²) in [6, 6.07) is 2.74. The summed E-state index contributed by atoms with van der Waals surface area (Å²) in [4.78, 5) is 12.4. The van der Waals surface area contributed by atoms with Gasteiger partial charge in [-0.15, -0.1) is 0 Å². The summed E-state index contributed by atoms with van der Waals surface area (Å²) in [5, 5.41) is 10.3. The topological polar surface area (TPSA) is 50.1 Å². The van der Waals surface area contributed by atoms with Crippen LogP contribution in [0.4, 0.5) is 0 Å². The fraction of sp³-hybridized carbons (Fsp3) is 0.938. The highest BCUT2D eigenvalue weighted by molar-refractivity contribution is 6.77. The second-order valence-electron chi connectivity index (χ2n) is 15.1. The Morgan fingerprint density at radius 3 is 2.14 bits per heavy atom. The Morgan fingerprint density at radius 1 is 0.917 bits per heavy atom. The molecule has 4 rings (SSSR count). The van der Waals surface area contributed by atoms with Gasteiger partial charge in [-0.05, 0) is 102 Å². The number of ketones is 1. The molecule has 0 aromatic heterocycles. The van der Waals surface area contributed by atoms with Gasteiger partial charge in [0, 0.05) is 19.4 Å². The fourth-order valence-corrected chi connectivity index (χ4v) is 16.7. The number of nitrogens with zero attached hydrogens (tertiary/aromatic N) is 1. The Bertz CT molecular complexity index is 854. The molecular formula is C32H55NO2Si. The molecule has 0 N–H and O–H groups in total. The van der Waals surface area contributed by atoms with Crippen LogP contribution in [0.15, 0.2) is 0 Å². The molecular weight excluding hydrogens is 458 g/mol. The summed E-state index contributed by atoms with van der Waals surface area (Å²) < 4.78 is 7.12. The Balaban J connectivity index is 1.52. The Kier molecular flexibility index (Phi) is 7.73. The molecule has 4 saturated carbocycles. The monoisotopic (exact) mass is 513 g/mol. The Labute approximate surface area is 223 Å². The number of nitriles is 1. The van der Waals surface area contributed by atoms with Crippen molar-refractivity contribution in [3.63, 3.8) is 0 Å². The largest absolute Gasteiger partial charge is 0.416 e. The number of Topliss-reactive ketones (excluding diaryl/α,β-unsaturated/α-hetero) is 1. The van der Waals surface area contributed by atoms with Gasteiger partial charge < -0.3 is 4.43 Å². The lowest BCUT2D eigenvalue weighted by molar-refractivity contribution is -0.154. The summed E-state index contributed by atoms with van der Waals surface area (Å²) in [7, 11) is -1.84.